The first kappa shape index (κ1) is 23.6. The van der Waals surface area contributed by atoms with Crippen LogP contribution in [0.3, 0.4) is 0 Å². The number of hydrogen-bond donors (Lipinski definition) is 1. The summed E-state index contributed by atoms with van der Waals surface area (Å²) in [5, 5.41) is 3.25. The number of hydrogen-bond acceptors (Lipinski definition) is 1. The summed E-state index contributed by atoms with van der Waals surface area (Å²) >= 11 is 0. The molecule has 2 heteroatoms. The zero-order valence-corrected chi connectivity index (χ0v) is 21.5. The van der Waals surface area contributed by atoms with Crippen molar-refractivity contribution in [3.8, 4) is 0 Å². The van der Waals surface area contributed by atoms with Gasteiger partial charge in [-0.3, -0.25) is 4.79 Å². The van der Waals surface area contributed by atoms with Crippen molar-refractivity contribution in [1.29, 1.82) is 0 Å². The third-order valence-corrected chi connectivity index (χ3v) is 11.3. The molecule has 4 aliphatic rings. The van der Waals surface area contributed by atoms with Crippen molar-refractivity contribution in [2.75, 3.05) is 0 Å². The molecule has 0 aromatic rings. The first-order valence-corrected chi connectivity index (χ1v) is 13.9. The molecule has 1 N–H and O–H groups in total. The van der Waals surface area contributed by atoms with Gasteiger partial charge in [-0.25, -0.2) is 0 Å². The number of carbonyl (C=O) groups is 1. The Balaban J connectivity index is 1.43. The first-order chi connectivity index (χ1) is 14.6. The second-order valence-electron chi connectivity index (χ2n) is 13.4. The topological polar surface area (TPSA) is 29.1 Å². The first-order valence-electron chi connectivity index (χ1n) is 13.9. The second kappa shape index (κ2) is 9.02. The fourth-order valence-electron chi connectivity index (χ4n) is 9.70. The molecule has 2 unspecified atom stereocenters. The molecule has 0 spiro atoms. The van der Waals surface area contributed by atoms with Crippen molar-refractivity contribution in [2.24, 2.45) is 52.3 Å². The maximum absolute atomic E-state index is 11.6. The summed E-state index contributed by atoms with van der Waals surface area (Å²) in [5.74, 6) is 6.62. The van der Waals surface area contributed by atoms with Gasteiger partial charge in [0.2, 0.25) is 5.91 Å². The van der Waals surface area contributed by atoms with Crippen LogP contribution in [0.5, 0.6) is 0 Å². The number of fused-ring (bicyclic) bond motifs is 5. The molecular formula is C29H51NO. The van der Waals surface area contributed by atoms with E-state index in [1.54, 1.807) is 6.92 Å². The Labute approximate surface area is 193 Å². The summed E-state index contributed by atoms with van der Waals surface area (Å²) in [6.07, 6.45) is 16.9. The van der Waals surface area contributed by atoms with Gasteiger partial charge < -0.3 is 5.32 Å². The van der Waals surface area contributed by atoms with Gasteiger partial charge in [0.25, 0.3) is 0 Å². The molecule has 1 amide bonds. The highest BCUT2D eigenvalue weighted by atomic mass is 16.1. The third kappa shape index (κ3) is 4.35. The molecule has 0 aromatic carbocycles. The molecule has 2 nitrogen and oxygen atoms in total. The largest absolute Gasteiger partial charge is 0.354 e. The van der Waals surface area contributed by atoms with Crippen LogP contribution in [-0.4, -0.2) is 11.9 Å². The van der Waals surface area contributed by atoms with Crippen molar-refractivity contribution >= 4 is 5.91 Å². The predicted molar refractivity (Wildman–Crippen MR) is 131 cm³/mol. The van der Waals surface area contributed by atoms with E-state index in [4.69, 9.17) is 0 Å². The van der Waals surface area contributed by atoms with Gasteiger partial charge in [-0.15, -0.1) is 0 Å². The van der Waals surface area contributed by atoms with E-state index in [9.17, 15) is 4.79 Å². The van der Waals surface area contributed by atoms with Gasteiger partial charge >= 0.3 is 0 Å². The maximum Gasteiger partial charge on any atom is 0.217 e. The minimum Gasteiger partial charge on any atom is -0.354 e. The molecular weight excluding hydrogens is 378 g/mol. The van der Waals surface area contributed by atoms with E-state index in [1.807, 2.05) is 0 Å². The quantitative estimate of drug-likeness (QED) is 0.462. The second-order valence-corrected chi connectivity index (χ2v) is 13.4. The standard InChI is InChI=1S/C29H51NO/c1-19(2)8-7-9-20(3)25-12-13-26-24-11-10-22-18-23(30-21(4)31)14-16-28(22,5)27(24)15-17-29(25,26)6/h19-20,22-27H,7-18H2,1-6H3,(H,30,31)/t20-,22?,23+,24+,25-,26+,27?,28+,29-/m1/s1. The predicted octanol–water partition coefficient (Wildman–Crippen LogP) is 7.61. The van der Waals surface area contributed by atoms with E-state index in [2.05, 4.69) is 39.9 Å². The van der Waals surface area contributed by atoms with Crippen LogP contribution < -0.4 is 5.32 Å². The van der Waals surface area contributed by atoms with Crippen molar-refractivity contribution in [2.45, 2.75) is 125 Å². The van der Waals surface area contributed by atoms with Crippen LogP contribution in [0.1, 0.15) is 119 Å². The molecule has 0 saturated heterocycles. The van der Waals surface area contributed by atoms with Crippen LogP contribution >= 0.6 is 0 Å². The van der Waals surface area contributed by atoms with Gasteiger partial charge in [-0.05, 0) is 110 Å². The highest BCUT2D eigenvalue weighted by Crippen LogP contribution is 2.68. The fraction of sp³-hybridized carbons (Fsp3) is 0.966. The van der Waals surface area contributed by atoms with Gasteiger partial charge in [0.1, 0.15) is 0 Å². The molecule has 4 saturated carbocycles. The smallest absolute Gasteiger partial charge is 0.217 e. The molecule has 0 aliphatic heterocycles. The van der Waals surface area contributed by atoms with E-state index in [1.165, 1.54) is 77.0 Å². The normalized spacial score (nSPS) is 45.5. The lowest BCUT2D eigenvalue weighted by Crippen LogP contribution is -2.55. The molecule has 0 aromatic heterocycles. The third-order valence-electron chi connectivity index (χ3n) is 11.3. The highest BCUT2D eigenvalue weighted by Gasteiger charge is 2.60. The van der Waals surface area contributed by atoms with Crippen LogP contribution in [0.4, 0.5) is 0 Å². The van der Waals surface area contributed by atoms with Crippen LogP contribution in [0.15, 0.2) is 0 Å². The lowest BCUT2D eigenvalue weighted by Gasteiger charge is -2.61. The Morgan fingerprint density at radius 1 is 0.903 bits per heavy atom. The van der Waals surface area contributed by atoms with Crippen molar-refractivity contribution in [3.05, 3.63) is 0 Å². The van der Waals surface area contributed by atoms with Crippen LogP contribution in [0, 0.1) is 52.3 Å². The van der Waals surface area contributed by atoms with Gasteiger partial charge in [0, 0.05) is 13.0 Å². The zero-order valence-electron chi connectivity index (χ0n) is 21.5. The molecule has 9 atom stereocenters. The molecule has 4 fully saturated rings. The fourth-order valence-corrected chi connectivity index (χ4v) is 9.70. The molecule has 178 valence electrons. The summed E-state index contributed by atoms with van der Waals surface area (Å²) in [6.45, 7) is 14.4. The summed E-state index contributed by atoms with van der Waals surface area (Å²) in [5.41, 5.74) is 1.13. The summed E-state index contributed by atoms with van der Waals surface area (Å²) in [6, 6.07) is 0.434. The molecule has 31 heavy (non-hydrogen) atoms. The number of nitrogens with one attached hydrogen (secondary N) is 1. The number of rotatable bonds is 6. The summed E-state index contributed by atoms with van der Waals surface area (Å²) in [7, 11) is 0. The van der Waals surface area contributed by atoms with E-state index < -0.39 is 0 Å². The molecule has 4 rings (SSSR count). The lowest BCUT2D eigenvalue weighted by molar-refractivity contribution is -0.126. The SMILES string of the molecule is CC(=O)N[C@H]1CC[C@@]2(C)C(CC[C@@H]3C2CC[C@]2(C)[C@@H]([C@H](C)CCCC(C)C)CC[C@@H]32)C1. The van der Waals surface area contributed by atoms with Gasteiger partial charge in [0.05, 0.1) is 0 Å². The Hall–Kier alpha value is -0.530. The highest BCUT2D eigenvalue weighted by molar-refractivity contribution is 5.73. The Kier molecular flexibility index (Phi) is 6.87. The zero-order chi connectivity index (χ0) is 22.4. The minimum atomic E-state index is 0.162. The molecule has 0 heterocycles. The minimum absolute atomic E-state index is 0.162. The van der Waals surface area contributed by atoms with Gasteiger partial charge in [-0.2, -0.15) is 0 Å². The Bertz CT molecular complexity index is 643. The van der Waals surface area contributed by atoms with Crippen LogP contribution in [0.25, 0.3) is 0 Å². The average molecular weight is 430 g/mol. The molecule has 4 aliphatic carbocycles. The summed E-state index contributed by atoms with van der Waals surface area (Å²) in [4.78, 5) is 11.6. The molecule has 0 bridgehead atoms. The lowest BCUT2D eigenvalue weighted by atomic mass is 9.44. The van der Waals surface area contributed by atoms with E-state index in [0.717, 1.165) is 41.4 Å². The number of amides is 1. The van der Waals surface area contributed by atoms with E-state index in [-0.39, 0.29) is 5.91 Å². The van der Waals surface area contributed by atoms with E-state index >= 15 is 0 Å². The van der Waals surface area contributed by atoms with Crippen molar-refractivity contribution in [1.82, 2.24) is 5.32 Å². The molecule has 0 radical (unpaired) electrons. The van der Waals surface area contributed by atoms with Crippen molar-refractivity contribution < 1.29 is 4.79 Å². The van der Waals surface area contributed by atoms with Gasteiger partial charge in [-0.1, -0.05) is 53.9 Å². The van der Waals surface area contributed by atoms with Crippen LogP contribution in [0.2, 0.25) is 0 Å². The Morgan fingerprint density at radius 2 is 1.61 bits per heavy atom. The average Bonchev–Trinajstić information content (AvgIpc) is 3.05. The van der Waals surface area contributed by atoms with Crippen molar-refractivity contribution in [3.63, 3.8) is 0 Å². The Morgan fingerprint density at radius 3 is 2.32 bits per heavy atom. The number of carbonyl (C=O) groups excluding carboxylic acids is 1. The monoisotopic (exact) mass is 429 g/mol. The van der Waals surface area contributed by atoms with Crippen LogP contribution in [-0.2, 0) is 4.79 Å². The van der Waals surface area contributed by atoms with Gasteiger partial charge in [0.15, 0.2) is 0 Å². The maximum atomic E-state index is 11.6. The van der Waals surface area contributed by atoms with E-state index in [0.29, 0.717) is 16.9 Å². The summed E-state index contributed by atoms with van der Waals surface area (Å²) < 4.78 is 0.